The van der Waals surface area contributed by atoms with Gasteiger partial charge in [0, 0.05) is 23.1 Å². The summed E-state index contributed by atoms with van der Waals surface area (Å²) >= 11 is 1.23. The maximum Gasteiger partial charge on any atom is 0.325 e. The zero-order valence-electron chi connectivity index (χ0n) is 19.5. The molecule has 1 aromatic carbocycles. The molecule has 1 atom stereocenters. The van der Waals surface area contributed by atoms with Crippen LogP contribution in [0.3, 0.4) is 0 Å². The molecule has 1 aliphatic rings. The van der Waals surface area contributed by atoms with E-state index in [0.717, 1.165) is 16.0 Å². The lowest BCUT2D eigenvalue weighted by atomic mass is 9.87. The molecule has 0 bridgehead atoms. The van der Waals surface area contributed by atoms with Gasteiger partial charge in [0.25, 0.3) is 5.91 Å². The molecule has 0 aliphatic carbocycles. The van der Waals surface area contributed by atoms with Crippen LogP contribution in [0.4, 0.5) is 4.79 Å². The van der Waals surface area contributed by atoms with E-state index in [2.05, 4.69) is 10.6 Å². The molecule has 0 radical (unpaired) electrons. The molecule has 1 aliphatic heterocycles. The Bertz CT molecular complexity index is 1340. The van der Waals surface area contributed by atoms with Crippen molar-refractivity contribution >= 4 is 50.7 Å². The zero-order chi connectivity index (χ0) is 26.7. The zero-order valence-corrected chi connectivity index (χ0v) is 21.1. The summed E-state index contributed by atoms with van der Waals surface area (Å²) in [7, 11) is -3.47. The Morgan fingerprint density at radius 1 is 1.17 bits per heavy atom. The first-order valence-corrected chi connectivity index (χ1v) is 13.6. The Balaban J connectivity index is 1.77. The summed E-state index contributed by atoms with van der Waals surface area (Å²) in [5.74, 6) is -1.93. The molecule has 14 heteroatoms. The van der Waals surface area contributed by atoms with Gasteiger partial charge >= 0.3 is 6.03 Å². The second kappa shape index (κ2) is 10.5. The van der Waals surface area contributed by atoms with E-state index >= 15 is 0 Å². The number of benzene rings is 1. The molecule has 1 fully saturated rings. The predicted molar refractivity (Wildman–Crippen MR) is 136 cm³/mol. The van der Waals surface area contributed by atoms with Crippen molar-refractivity contribution in [3.63, 3.8) is 0 Å². The number of hydrogen-bond donors (Lipinski definition) is 6. The van der Waals surface area contributed by atoms with Crippen molar-refractivity contribution < 1.29 is 22.8 Å². The van der Waals surface area contributed by atoms with E-state index in [1.54, 1.807) is 36.4 Å². The standard InChI is InChI=1S/C22H27N7O5S2/c1-36(33,34)8-7-22(10-13-3-2-4-14(9-13)18(23)24)20(31)29(21(32)28-22)12-17(30)27-11-15-5-6-16(35-15)19(25)26/h2-6,9H,7-8,10-12H2,1H3,(H3,23,24)(H3,25,26)(H,27,30)(H,28,32)/t22-/m1/s1. The number of imide groups is 1. The Kier molecular flexibility index (Phi) is 7.79. The number of nitrogen functional groups attached to an aromatic ring is 2. The first-order chi connectivity index (χ1) is 16.8. The van der Waals surface area contributed by atoms with Gasteiger partial charge in [0.1, 0.15) is 33.6 Å². The fraction of sp³-hybridized carbons (Fsp3) is 0.318. The summed E-state index contributed by atoms with van der Waals surface area (Å²) in [4.78, 5) is 40.8. The molecular formula is C22H27N7O5S2. The molecule has 192 valence electrons. The summed E-state index contributed by atoms with van der Waals surface area (Å²) in [6.45, 7) is -0.429. The lowest BCUT2D eigenvalue weighted by Gasteiger charge is -2.27. The fourth-order valence-electron chi connectivity index (χ4n) is 3.76. The SMILES string of the molecule is CS(=O)(=O)CC[C@]1(Cc2cccc(C(=N)N)c2)NC(=O)N(CC(=O)NCc2ccc(C(=N)N)s2)C1=O. The van der Waals surface area contributed by atoms with Gasteiger partial charge in [0.2, 0.25) is 5.91 Å². The molecule has 36 heavy (non-hydrogen) atoms. The van der Waals surface area contributed by atoms with Gasteiger partial charge in [-0.15, -0.1) is 11.3 Å². The minimum Gasteiger partial charge on any atom is -0.384 e. The number of nitrogens with zero attached hydrogens (tertiary/aromatic N) is 1. The minimum absolute atomic E-state index is 0.0463. The van der Waals surface area contributed by atoms with Crippen molar-refractivity contribution in [2.45, 2.75) is 24.9 Å². The van der Waals surface area contributed by atoms with Crippen molar-refractivity contribution in [2.75, 3.05) is 18.6 Å². The molecule has 2 aromatic rings. The number of rotatable bonds is 11. The van der Waals surface area contributed by atoms with Crippen molar-refractivity contribution in [1.29, 1.82) is 10.8 Å². The van der Waals surface area contributed by atoms with Crippen LogP contribution < -0.4 is 22.1 Å². The van der Waals surface area contributed by atoms with E-state index in [-0.39, 0.29) is 36.8 Å². The maximum atomic E-state index is 13.4. The van der Waals surface area contributed by atoms with Crippen LogP contribution in [0.5, 0.6) is 0 Å². The van der Waals surface area contributed by atoms with E-state index in [1.807, 2.05) is 0 Å². The Labute approximate surface area is 212 Å². The molecule has 0 saturated carbocycles. The third kappa shape index (κ3) is 6.46. The molecule has 3 rings (SSSR count). The molecule has 12 nitrogen and oxygen atoms in total. The van der Waals surface area contributed by atoms with Crippen LogP contribution in [0.25, 0.3) is 0 Å². The lowest BCUT2D eigenvalue weighted by Crippen LogP contribution is -2.50. The number of nitrogens with one attached hydrogen (secondary N) is 4. The number of carbonyl (C=O) groups excluding carboxylic acids is 3. The topological polar surface area (TPSA) is 212 Å². The van der Waals surface area contributed by atoms with Gasteiger partial charge in [-0.1, -0.05) is 18.2 Å². The molecule has 1 saturated heterocycles. The lowest BCUT2D eigenvalue weighted by molar-refractivity contribution is -0.135. The third-order valence-corrected chi connectivity index (χ3v) is 7.64. The minimum atomic E-state index is -3.47. The van der Waals surface area contributed by atoms with Crippen molar-refractivity contribution in [2.24, 2.45) is 11.5 Å². The number of thiophene rings is 1. The van der Waals surface area contributed by atoms with Crippen molar-refractivity contribution in [1.82, 2.24) is 15.5 Å². The summed E-state index contributed by atoms with van der Waals surface area (Å²) in [6, 6.07) is 9.10. The quantitative estimate of drug-likeness (QED) is 0.131. The smallest absolute Gasteiger partial charge is 0.325 e. The van der Waals surface area contributed by atoms with Crippen LogP contribution in [-0.4, -0.2) is 66.9 Å². The van der Waals surface area contributed by atoms with Gasteiger partial charge in [0.05, 0.1) is 17.2 Å². The Morgan fingerprint density at radius 3 is 2.50 bits per heavy atom. The molecular weight excluding hydrogens is 506 g/mol. The number of amidine groups is 2. The predicted octanol–water partition coefficient (Wildman–Crippen LogP) is -0.0996. The highest BCUT2D eigenvalue weighted by Gasteiger charge is 2.51. The highest BCUT2D eigenvalue weighted by molar-refractivity contribution is 7.90. The first-order valence-electron chi connectivity index (χ1n) is 10.7. The monoisotopic (exact) mass is 533 g/mol. The van der Waals surface area contributed by atoms with Crippen LogP contribution in [0.1, 0.15) is 27.3 Å². The van der Waals surface area contributed by atoms with E-state index in [4.69, 9.17) is 22.3 Å². The van der Waals surface area contributed by atoms with Crippen LogP contribution in [-0.2, 0) is 32.4 Å². The highest BCUT2D eigenvalue weighted by Crippen LogP contribution is 2.27. The van der Waals surface area contributed by atoms with Crippen LogP contribution >= 0.6 is 11.3 Å². The van der Waals surface area contributed by atoms with Gasteiger partial charge < -0.3 is 22.1 Å². The molecule has 0 spiro atoms. The Hall–Kier alpha value is -3.78. The molecule has 4 amide bonds. The van der Waals surface area contributed by atoms with Gasteiger partial charge in [0.15, 0.2) is 0 Å². The second-order valence-electron chi connectivity index (χ2n) is 8.53. The normalized spacial score (nSPS) is 17.6. The van der Waals surface area contributed by atoms with Crippen LogP contribution in [0.15, 0.2) is 36.4 Å². The van der Waals surface area contributed by atoms with E-state index < -0.39 is 39.8 Å². The Morgan fingerprint density at radius 2 is 1.89 bits per heavy atom. The maximum absolute atomic E-state index is 13.4. The number of carbonyl (C=O) groups is 3. The molecule has 0 unspecified atom stereocenters. The average Bonchev–Trinajstić information content (AvgIpc) is 3.36. The van der Waals surface area contributed by atoms with Crippen molar-refractivity contribution in [3.05, 3.63) is 57.3 Å². The van der Waals surface area contributed by atoms with E-state index in [1.165, 1.54) is 11.3 Å². The number of sulfone groups is 1. The molecule has 1 aromatic heterocycles. The van der Waals surface area contributed by atoms with Gasteiger partial charge in [-0.05, 0) is 30.2 Å². The van der Waals surface area contributed by atoms with Crippen LogP contribution in [0.2, 0.25) is 0 Å². The summed E-state index contributed by atoms with van der Waals surface area (Å²) in [5.41, 5.74) is 10.4. The third-order valence-electron chi connectivity index (χ3n) is 5.58. The highest BCUT2D eigenvalue weighted by atomic mass is 32.2. The largest absolute Gasteiger partial charge is 0.384 e. The molecule has 8 N–H and O–H groups in total. The summed E-state index contributed by atoms with van der Waals surface area (Å²) < 4.78 is 23.7. The number of nitrogens with two attached hydrogens (primary N) is 2. The summed E-state index contributed by atoms with van der Waals surface area (Å²) in [5, 5.41) is 20.3. The second-order valence-corrected chi connectivity index (χ2v) is 12.0. The van der Waals surface area contributed by atoms with Gasteiger partial charge in [-0.25, -0.2) is 13.2 Å². The summed E-state index contributed by atoms with van der Waals surface area (Å²) in [6.07, 6.45) is 0.794. The first kappa shape index (κ1) is 26.8. The van der Waals surface area contributed by atoms with Gasteiger partial charge in [-0.3, -0.25) is 25.3 Å². The van der Waals surface area contributed by atoms with Crippen LogP contribution in [0, 0.1) is 10.8 Å². The number of amides is 4. The fourth-order valence-corrected chi connectivity index (χ4v) is 5.29. The van der Waals surface area contributed by atoms with E-state index in [9.17, 15) is 22.8 Å². The van der Waals surface area contributed by atoms with E-state index in [0.29, 0.717) is 16.0 Å². The van der Waals surface area contributed by atoms with Gasteiger partial charge in [-0.2, -0.15) is 0 Å². The number of urea groups is 1. The van der Waals surface area contributed by atoms with Crippen molar-refractivity contribution in [3.8, 4) is 0 Å². The molecule has 2 heterocycles. The number of hydrogen-bond acceptors (Lipinski definition) is 8. The average molecular weight is 534 g/mol.